The fourth-order valence-corrected chi connectivity index (χ4v) is 2.63. The molecule has 1 aromatic rings. The molecule has 0 radical (unpaired) electrons. The number of hydrogen-bond acceptors (Lipinski definition) is 4. The summed E-state index contributed by atoms with van der Waals surface area (Å²) < 4.78 is 5.94. The van der Waals surface area contributed by atoms with E-state index >= 15 is 0 Å². The largest absolute Gasteiger partial charge is 0.374 e. The first-order chi connectivity index (χ1) is 8.70. The maximum Gasteiger partial charge on any atom is 0.0747 e. The van der Waals surface area contributed by atoms with Crippen LogP contribution in [0.4, 0.5) is 0 Å². The summed E-state index contributed by atoms with van der Waals surface area (Å²) >= 11 is 0. The van der Waals surface area contributed by atoms with Crippen molar-refractivity contribution in [3.63, 3.8) is 0 Å². The Morgan fingerprint density at radius 1 is 1.56 bits per heavy atom. The lowest BCUT2D eigenvalue weighted by Crippen LogP contribution is -2.46. The molecule has 1 aromatic heterocycles. The number of pyridine rings is 1. The van der Waals surface area contributed by atoms with Gasteiger partial charge in [0, 0.05) is 31.5 Å². The molecule has 2 rings (SSSR count). The molecule has 1 fully saturated rings. The zero-order valence-electron chi connectivity index (χ0n) is 11.2. The fourth-order valence-electron chi connectivity index (χ4n) is 2.63. The van der Waals surface area contributed by atoms with E-state index in [2.05, 4.69) is 29.9 Å². The molecule has 3 atom stereocenters. The second-order valence-corrected chi connectivity index (χ2v) is 5.14. The third-order valence-corrected chi connectivity index (χ3v) is 3.66. The Hall–Kier alpha value is -0.970. The van der Waals surface area contributed by atoms with Crippen LogP contribution in [-0.2, 0) is 11.3 Å². The van der Waals surface area contributed by atoms with E-state index in [9.17, 15) is 0 Å². The van der Waals surface area contributed by atoms with Gasteiger partial charge in [-0.1, -0.05) is 6.07 Å². The summed E-state index contributed by atoms with van der Waals surface area (Å²) in [5.74, 6) is 0. The van der Waals surface area contributed by atoms with Crippen LogP contribution in [0.5, 0.6) is 0 Å². The van der Waals surface area contributed by atoms with Gasteiger partial charge in [0.1, 0.15) is 0 Å². The number of hydrogen-bond donors (Lipinski definition) is 1. The van der Waals surface area contributed by atoms with E-state index in [0.29, 0.717) is 12.6 Å². The van der Waals surface area contributed by atoms with Crippen molar-refractivity contribution in [3.05, 3.63) is 30.1 Å². The summed E-state index contributed by atoms with van der Waals surface area (Å²) in [7, 11) is 2.11. The first-order valence-corrected chi connectivity index (χ1v) is 6.65. The Labute approximate surface area is 109 Å². The summed E-state index contributed by atoms with van der Waals surface area (Å²) in [5.41, 5.74) is 7.13. The highest BCUT2D eigenvalue weighted by Gasteiger charge is 2.31. The molecule has 0 bridgehead atoms. The smallest absolute Gasteiger partial charge is 0.0747 e. The van der Waals surface area contributed by atoms with Crippen molar-refractivity contribution in [2.75, 3.05) is 13.6 Å². The van der Waals surface area contributed by atoms with Gasteiger partial charge in [-0.05, 0) is 38.4 Å². The van der Waals surface area contributed by atoms with Crippen molar-refractivity contribution >= 4 is 0 Å². The lowest BCUT2D eigenvalue weighted by molar-refractivity contribution is 0.000821. The topological polar surface area (TPSA) is 51.4 Å². The third-order valence-electron chi connectivity index (χ3n) is 3.66. The van der Waals surface area contributed by atoms with Crippen LogP contribution in [0, 0.1) is 0 Å². The van der Waals surface area contributed by atoms with Crippen molar-refractivity contribution in [2.24, 2.45) is 5.73 Å². The number of rotatable bonds is 5. The number of nitrogens with zero attached hydrogens (tertiary/aromatic N) is 2. The summed E-state index contributed by atoms with van der Waals surface area (Å²) in [6.45, 7) is 3.63. The quantitative estimate of drug-likeness (QED) is 0.857. The van der Waals surface area contributed by atoms with Gasteiger partial charge >= 0.3 is 0 Å². The minimum atomic E-state index is 0.270. The van der Waals surface area contributed by atoms with Crippen LogP contribution in [0.2, 0.25) is 0 Å². The van der Waals surface area contributed by atoms with Crippen LogP contribution in [-0.4, -0.2) is 41.7 Å². The minimum absolute atomic E-state index is 0.270. The average Bonchev–Trinajstić information content (AvgIpc) is 2.78. The molecule has 0 aliphatic carbocycles. The van der Waals surface area contributed by atoms with Gasteiger partial charge < -0.3 is 10.5 Å². The molecule has 0 spiro atoms. The monoisotopic (exact) mass is 249 g/mol. The van der Waals surface area contributed by atoms with E-state index in [1.807, 2.05) is 12.3 Å². The van der Waals surface area contributed by atoms with Gasteiger partial charge in [-0.2, -0.15) is 0 Å². The van der Waals surface area contributed by atoms with E-state index in [1.165, 1.54) is 5.56 Å². The van der Waals surface area contributed by atoms with Crippen LogP contribution in [0.15, 0.2) is 24.5 Å². The molecule has 1 aliphatic rings. The van der Waals surface area contributed by atoms with Crippen LogP contribution in [0.3, 0.4) is 0 Å². The Balaban J connectivity index is 1.95. The highest BCUT2D eigenvalue weighted by Crippen LogP contribution is 2.24. The summed E-state index contributed by atoms with van der Waals surface area (Å²) in [6.07, 6.45) is 6.60. The number of aromatic nitrogens is 1. The van der Waals surface area contributed by atoms with Gasteiger partial charge in [-0.25, -0.2) is 0 Å². The molecule has 100 valence electrons. The molecule has 4 heteroatoms. The van der Waals surface area contributed by atoms with E-state index < -0.39 is 0 Å². The molecule has 2 heterocycles. The van der Waals surface area contributed by atoms with Gasteiger partial charge in [0.25, 0.3) is 0 Å². The molecule has 1 aliphatic heterocycles. The molecular formula is C14H23N3O. The van der Waals surface area contributed by atoms with Gasteiger partial charge in [-0.15, -0.1) is 0 Å². The van der Waals surface area contributed by atoms with Crippen molar-refractivity contribution in [1.29, 1.82) is 0 Å². The van der Waals surface area contributed by atoms with E-state index in [4.69, 9.17) is 10.5 Å². The van der Waals surface area contributed by atoms with Crippen LogP contribution in [0.25, 0.3) is 0 Å². The minimum Gasteiger partial charge on any atom is -0.374 e. The van der Waals surface area contributed by atoms with Gasteiger partial charge in [-0.3, -0.25) is 9.88 Å². The Kier molecular flexibility index (Phi) is 4.69. The lowest BCUT2D eigenvalue weighted by Gasteiger charge is -2.31. The number of ether oxygens (including phenoxy) is 1. The number of nitrogens with two attached hydrogens (primary N) is 1. The lowest BCUT2D eigenvalue weighted by atomic mass is 10.1. The fraction of sp³-hybridized carbons (Fsp3) is 0.643. The standard InChI is InChI=1S/C14H23N3O/c1-11-5-6-14(18-11)13(8-15)17(2)10-12-4-3-7-16-9-12/h3-4,7,9,11,13-14H,5-6,8,10,15H2,1-2H3. The van der Waals surface area contributed by atoms with Crippen LogP contribution < -0.4 is 5.73 Å². The Bertz CT molecular complexity index is 357. The van der Waals surface area contributed by atoms with E-state index in [0.717, 1.165) is 19.4 Å². The first kappa shape index (κ1) is 13.5. The molecule has 0 saturated carbocycles. The second-order valence-electron chi connectivity index (χ2n) is 5.14. The highest BCUT2D eigenvalue weighted by molar-refractivity contribution is 5.08. The van der Waals surface area contributed by atoms with Crippen LogP contribution in [0.1, 0.15) is 25.3 Å². The normalized spacial score (nSPS) is 25.6. The molecular weight excluding hydrogens is 226 g/mol. The van der Waals surface area contributed by atoms with Crippen molar-refractivity contribution < 1.29 is 4.74 Å². The maximum absolute atomic E-state index is 5.94. The Morgan fingerprint density at radius 2 is 2.39 bits per heavy atom. The van der Waals surface area contributed by atoms with E-state index in [1.54, 1.807) is 6.20 Å². The maximum atomic E-state index is 5.94. The van der Waals surface area contributed by atoms with Crippen molar-refractivity contribution in [2.45, 2.75) is 44.6 Å². The molecule has 18 heavy (non-hydrogen) atoms. The average molecular weight is 249 g/mol. The van der Waals surface area contributed by atoms with Crippen molar-refractivity contribution in [1.82, 2.24) is 9.88 Å². The van der Waals surface area contributed by atoms with Gasteiger partial charge in [0.2, 0.25) is 0 Å². The van der Waals surface area contributed by atoms with Crippen LogP contribution >= 0.6 is 0 Å². The zero-order chi connectivity index (χ0) is 13.0. The predicted octanol–water partition coefficient (Wildman–Crippen LogP) is 1.41. The van der Waals surface area contributed by atoms with Gasteiger partial charge in [0.15, 0.2) is 0 Å². The number of likely N-dealkylation sites (N-methyl/N-ethyl adjacent to an activating group) is 1. The molecule has 3 unspecified atom stereocenters. The summed E-state index contributed by atoms with van der Waals surface area (Å²) in [6, 6.07) is 4.35. The highest BCUT2D eigenvalue weighted by atomic mass is 16.5. The molecule has 2 N–H and O–H groups in total. The molecule has 4 nitrogen and oxygen atoms in total. The summed E-state index contributed by atoms with van der Waals surface area (Å²) in [4.78, 5) is 6.42. The predicted molar refractivity (Wildman–Crippen MR) is 72.1 cm³/mol. The van der Waals surface area contributed by atoms with Gasteiger partial charge in [0.05, 0.1) is 12.2 Å². The zero-order valence-corrected chi connectivity index (χ0v) is 11.2. The second kappa shape index (κ2) is 6.27. The molecule has 0 amide bonds. The summed E-state index contributed by atoms with van der Waals surface area (Å²) in [5, 5.41) is 0. The van der Waals surface area contributed by atoms with E-state index in [-0.39, 0.29) is 12.1 Å². The van der Waals surface area contributed by atoms with Crippen molar-refractivity contribution in [3.8, 4) is 0 Å². The molecule has 1 saturated heterocycles. The Morgan fingerprint density at radius 3 is 2.94 bits per heavy atom. The third kappa shape index (κ3) is 3.28. The molecule has 0 aromatic carbocycles. The SMILES string of the molecule is CC1CCC(C(CN)N(C)Cc2cccnc2)O1. The first-order valence-electron chi connectivity index (χ1n) is 6.65.